The van der Waals surface area contributed by atoms with Gasteiger partial charge in [0.1, 0.15) is 5.75 Å². The van der Waals surface area contributed by atoms with Gasteiger partial charge in [0.25, 0.3) is 9.84 Å². The summed E-state index contributed by atoms with van der Waals surface area (Å²) < 4.78 is 61.1. The van der Waals surface area contributed by atoms with Crippen molar-refractivity contribution in [3.05, 3.63) is 48.3 Å². The van der Waals surface area contributed by atoms with E-state index in [4.69, 9.17) is 0 Å². The van der Waals surface area contributed by atoms with Crippen LogP contribution in [0, 0.1) is 0 Å². The number of anilines is 1. The lowest BCUT2D eigenvalue weighted by Gasteiger charge is -2.23. The Morgan fingerprint density at radius 1 is 1.14 bits per heavy atom. The van der Waals surface area contributed by atoms with Gasteiger partial charge in [-0.1, -0.05) is 0 Å². The van der Waals surface area contributed by atoms with Gasteiger partial charge in [-0.25, -0.2) is 8.42 Å². The first-order valence-electron chi connectivity index (χ1n) is 8.66. The van der Waals surface area contributed by atoms with Crippen LogP contribution >= 0.6 is 0 Å². The number of nitrogens with zero attached hydrogens (tertiary/aromatic N) is 3. The van der Waals surface area contributed by atoms with E-state index in [0.29, 0.717) is 25.4 Å². The predicted molar refractivity (Wildman–Crippen MR) is 95.3 cm³/mol. The van der Waals surface area contributed by atoms with Crippen molar-refractivity contribution in [2.45, 2.75) is 35.3 Å². The smallest absolute Gasteiger partial charge is 0.501 e. The summed E-state index contributed by atoms with van der Waals surface area (Å²) in [6, 6.07) is 6.55. The number of aromatic hydroxyl groups is 1. The SMILES string of the molecule is O=S(=O)(c1ccc(N2CN(Cc3ccncc3O)C3(CC3)C2)cc1)C(F)(F)F. The Morgan fingerprint density at radius 3 is 2.39 bits per heavy atom. The number of hydrogen-bond donors (Lipinski definition) is 1. The minimum absolute atomic E-state index is 0.0214. The monoisotopic (exact) mass is 413 g/mol. The fourth-order valence-electron chi connectivity index (χ4n) is 3.59. The maximum Gasteiger partial charge on any atom is 0.501 e. The fourth-order valence-corrected chi connectivity index (χ4v) is 4.36. The average Bonchev–Trinajstić information content (AvgIpc) is 3.32. The fraction of sp³-hybridized carbons (Fsp3) is 0.389. The van der Waals surface area contributed by atoms with E-state index in [9.17, 15) is 26.7 Å². The molecule has 0 radical (unpaired) electrons. The number of halogens is 3. The van der Waals surface area contributed by atoms with Gasteiger partial charge in [-0.05, 0) is 43.2 Å². The summed E-state index contributed by atoms with van der Waals surface area (Å²) >= 11 is 0. The summed E-state index contributed by atoms with van der Waals surface area (Å²) in [5.74, 6) is 0.124. The topological polar surface area (TPSA) is 73.7 Å². The second-order valence-corrected chi connectivity index (χ2v) is 9.15. The molecule has 28 heavy (non-hydrogen) atoms. The lowest BCUT2D eigenvalue weighted by molar-refractivity contribution is -0.0436. The quantitative estimate of drug-likeness (QED) is 0.831. The predicted octanol–water partition coefficient (Wildman–Crippen LogP) is 2.89. The molecule has 150 valence electrons. The minimum Gasteiger partial charge on any atom is -0.506 e. The van der Waals surface area contributed by atoms with Gasteiger partial charge in [-0.3, -0.25) is 9.88 Å². The highest BCUT2D eigenvalue weighted by molar-refractivity contribution is 7.92. The Bertz CT molecular complexity index is 989. The third-order valence-corrected chi connectivity index (χ3v) is 6.89. The van der Waals surface area contributed by atoms with Crippen LogP contribution in [0.5, 0.6) is 5.75 Å². The number of benzene rings is 1. The van der Waals surface area contributed by atoms with E-state index in [2.05, 4.69) is 9.88 Å². The molecule has 6 nitrogen and oxygen atoms in total. The molecule has 2 fully saturated rings. The second-order valence-electron chi connectivity index (χ2n) is 7.21. The summed E-state index contributed by atoms with van der Waals surface area (Å²) in [5, 5.41) is 9.97. The third kappa shape index (κ3) is 3.20. The van der Waals surface area contributed by atoms with Crippen LogP contribution in [-0.2, 0) is 16.4 Å². The van der Waals surface area contributed by atoms with E-state index in [1.165, 1.54) is 18.3 Å². The average molecular weight is 413 g/mol. The highest BCUT2D eigenvalue weighted by Crippen LogP contribution is 2.48. The first kappa shape index (κ1) is 19.0. The molecule has 2 aliphatic rings. The molecule has 1 aromatic carbocycles. The lowest BCUT2D eigenvalue weighted by atomic mass is 10.2. The molecule has 1 aromatic heterocycles. The van der Waals surface area contributed by atoms with Gasteiger partial charge >= 0.3 is 5.51 Å². The van der Waals surface area contributed by atoms with Crippen molar-refractivity contribution in [2.75, 3.05) is 18.1 Å². The molecule has 1 aliphatic carbocycles. The third-order valence-electron chi connectivity index (χ3n) is 5.39. The maximum absolute atomic E-state index is 12.7. The van der Waals surface area contributed by atoms with E-state index >= 15 is 0 Å². The number of rotatable bonds is 4. The number of alkyl halides is 3. The number of pyridine rings is 1. The number of sulfone groups is 1. The molecule has 4 rings (SSSR count). The van der Waals surface area contributed by atoms with Gasteiger partial charge < -0.3 is 10.0 Å². The molecular weight excluding hydrogens is 395 g/mol. The normalized spacial score (nSPS) is 19.3. The zero-order valence-electron chi connectivity index (χ0n) is 14.7. The zero-order chi connectivity index (χ0) is 20.2. The molecule has 0 bridgehead atoms. The van der Waals surface area contributed by atoms with Gasteiger partial charge in [0.05, 0.1) is 17.8 Å². The van der Waals surface area contributed by atoms with Crippen molar-refractivity contribution in [3.63, 3.8) is 0 Å². The van der Waals surface area contributed by atoms with Crippen LogP contribution in [0.25, 0.3) is 0 Å². The largest absolute Gasteiger partial charge is 0.506 e. The van der Waals surface area contributed by atoms with Crippen LogP contribution < -0.4 is 4.90 Å². The highest BCUT2D eigenvalue weighted by atomic mass is 32.2. The molecule has 0 atom stereocenters. The Hall–Kier alpha value is -2.33. The Kier molecular flexibility index (Phi) is 4.31. The Balaban J connectivity index is 1.53. The van der Waals surface area contributed by atoms with Crippen LogP contribution in [0.4, 0.5) is 18.9 Å². The van der Waals surface area contributed by atoms with Crippen LogP contribution in [0.2, 0.25) is 0 Å². The van der Waals surface area contributed by atoms with Crippen molar-refractivity contribution in [1.29, 1.82) is 0 Å². The van der Waals surface area contributed by atoms with Crippen molar-refractivity contribution in [3.8, 4) is 5.75 Å². The number of aromatic nitrogens is 1. The molecular formula is C18H18F3N3O3S. The summed E-state index contributed by atoms with van der Waals surface area (Å²) in [6.45, 7) is 1.77. The second kappa shape index (κ2) is 6.35. The molecule has 1 N–H and O–H groups in total. The molecule has 0 amide bonds. The van der Waals surface area contributed by atoms with Crippen LogP contribution in [0.1, 0.15) is 18.4 Å². The summed E-state index contributed by atoms with van der Waals surface area (Å²) in [7, 11) is -5.35. The number of hydrogen-bond acceptors (Lipinski definition) is 6. The highest BCUT2D eigenvalue weighted by Gasteiger charge is 2.53. The van der Waals surface area contributed by atoms with Crippen molar-refractivity contribution < 1.29 is 26.7 Å². The zero-order valence-corrected chi connectivity index (χ0v) is 15.5. The van der Waals surface area contributed by atoms with Gasteiger partial charge in [0, 0.05) is 36.1 Å². The van der Waals surface area contributed by atoms with E-state index in [0.717, 1.165) is 30.5 Å². The van der Waals surface area contributed by atoms with E-state index in [-0.39, 0.29) is 11.3 Å². The van der Waals surface area contributed by atoms with E-state index in [1.807, 2.05) is 4.90 Å². The van der Waals surface area contributed by atoms with Gasteiger partial charge in [-0.2, -0.15) is 13.2 Å². The van der Waals surface area contributed by atoms with Gasteiger partial charge in [-0.15, -0.1) is 0 Å². The molecule has 0 unspecified atom stereocenters. The molecule has 1 aliphatic heterocycles. The summed E-state index contributed by atoms with van der Waals surface area (Å²) in [5.41, 5.74) is -3.92. The first-order valence-corrected chi connectivity index (χ1v) is 10.1. The molecule has 2 aromatic rings. The maximum atomic E-state index is 12.7. The van der Waals surface area contributed by atoms with E-state index < -0.39 is 20.2 Å². The standard InChI is InChI=1S/C18H18F3N3O3S/c19-18(20,21)28(26,27)15-3-1-14(2-4-15)23-11-17(6-7-17)24(12-23)10-13-5-8-22-9-16(13)25/h1-5,8-9,25H,6-7,10-12H2. The van der Waals surface area contributed by atoms with Crippen LogP contribution in [0.15, 0.2) is 47.6 Å². The van der Waals surface area contributed by atoms with Crippen LogP contribution in [-0.4, -0.2) is 47.7 Å². The van der Waals surface area contributed by atoms with Gasteiger partial charge in [0.2, 0.25) is 0 Å². The Morgan fingerprint density at radius 2 is 1.82 bits per heavy atom. The van der Waals surface area contributed by atoms with E-state index in [1.54, 1.807) is 12.3 Å². The minimum atomic E-state index is -5.35. The van der Waals surface area contributed by atoms with Crippen molar-refractivity contribution in [2.24, 2.45) is 0 Å². The molecule has 10 heteroatoms. The molecule has 1 saturated carbocycles. The molecule has 1 saturated heterocycles. The van der Waals surface area contributed by atoms with Gasteiger partial charge in [0.15, 0.2) is 0 Å². The lowest BCUT2D eigenvalue weighted by Crippen LogP contribution is -2.32. The summed E-state index contributed by atoms with van der Waals surface area (Å²) in [6.07, 6.45) is 5.00. The van der Waals surface area contributed by atoms with Crippen molar-refractivity contribution >= 4 is 15.5 Å². The Labute approximate surface area is 160 Å². The molecule has 2 heterocycles. The molecule has 1 spiro atoms. The first-order chi connectivity index (χ1) is 13.1. The van der Waals surface area contributed by atoms with Crippen molar-refractivity contribution in [1.82, 2.24) is 9.88 Å². The summed E-state index contributed by atoms with van der Waals surface area (Å²) in [4.78, 5) is 7.34. The van der Waals surface area contributed by atoms with Crippen LogP contribution in [0.3, 0.4) is 0 Å².